The van der Waals surface area contributed by atoms with Gasteiger partial charge in [-0.3, -0.25) is 9.78 Å². The fourth-order valence-electron chi connectivity index (χ4n) is 2.14. The van der Waals surface area contributed by atoms with E-state index >= 15 is 0 Å². The van der Waals surface area contributed by atoms with Gasteiger partial charge in [-0.15, -0.1) is 0 Å². The van der Waals surface area contributed by atoms with Crippen LogP contribution in [0.1, 0.15) is 16.1 Å². The van der Waals surface area contributed by atoms with E-state index in [2.05, 4.69) is 4.98 Å². The number of aromatic nitrogens is 1. The third-order valence-electron chi connectivity index (χ3n) is 3.18. The molecule has 0 unspecified atom stereocenters. The number of ether oxygens (including phenoxy) is 1. The Morgan fingerprint density at radius 1 is 1.05 bits per heavy atom. The summed E-state index contributed by atoms with van der Waals surface area (Å²) in [6.45, 7) is 1.96. The van der Waals surface area contributed by atoms with Gasteiger partial charge in [0, 0.05) is 22.8 Å². The highest BCUT2D eigenvalue weighted by atomic mass is 16.5. The van der Waals surface area contributed by atoms with Gasteiger partial charge in [0.05, 0.1) is 0 Å². The second-order valence-electron chi connectivity index (χ2n) is 4.83. The fraction of sp³-hybridized carbons (Fsp3) is 0.0588. The summed E-state index contributed by atoms with van der Waals surface area (Å²) in [5.41, 5.74) is 6.66. The Morgan fingerprint density at radius 2 is 1.86 bits per heavy atom. The van der Waals surface area contributed by atoms with E-state index in [0.29, 0.717) is 17.1 Å². The van der Waals surface area contributed by atoms with E-state index in [-0.39, 0.29) is 0 Å². The quantitative estimate of drug-likeness (QED) is 0.798. The van der Waals surface area contributed by atoms with Crippen LogP contribution in [0.15, 0.2) is 54.7 Å². The average molecular weight is 278 g/mol. The lowest BCUT2D eigenvalue weighted by Gasteiger charge is -2.08. The predicted molar refractivity (Wildman–Crippen MR) is 81.5 cm³/mol. The van der Waals surface area contributed by atoms with E-state index in [9.17, 15) is 4.79 Å². The van der Waals surface area contributed by atoms with Crippen LogP contribution in [0.3, 0.4) is 0 Å². The summed E-state index contributed by atoms with van der Waals surface area (Å²) >= 11 is 0. The zero-order chi connectivity index (χ0) is 14.8. The highest BCUT2D eigenvalue weighted by molar-refractivity contribution is 5.93. The van der Waals surface area contributed by atoms with E-state index in [4.69, 9.17) is 10.5 Å². The standard InChI is InChI=1S/C17H14N2O2/c1-11-7-12-5-6-16(9-14(12)10-19-11)21-15-4-2-3-13(8-15)17(18)20/h2-10H,1H3,(H2,18,20). The van der Waals surface area contributed by atoms with Crippen molar-refractivity contribution in [3.05, 3.63) is 66.0 Å². The number of fused-ring (bicyclic) bond motifs is 1. The minimum atomic E-state index is -0.473. The summed E-state index contributed by atoms with van der Waals surface area (Å²) in [7, 11) is 0. The molecule has 3 rings (SSSR count). The lowest BCUT2D eigenvalue weighted by Crippen LogP contribution is -2.10. The molecule has 4 heteroatoms. The van der Waals surface area contributed by atoms with Gasteiger partial charge in [0.2, 0.25) is 5.91 Å². The summed E-state index contributed by atoms with van der Waals surface area (Å²) in [4.78, 5) is 15.4. The third-order valence-corrected chi connectivity index (χ3v) is 3.18. The number of carbonyl (C=O) groups excluding carboxylic acids is 1. The third kappa shape index (κ3) is 2.84. The Hall–Kier alpha value is -2.88. The Bertz CT molecular complexity index is 828. The minimum Gasteiger partial charge on any atom is -0.457 e. The van der Waals surface area contributed by atoms with Crippen molar-refractivity contribution in [1.29, 1.82) is 0 Å². The molecule has 3 aromatic rings. The largest absolute Gasteiger partial charge is 0.457 e. The Morgan fingerprint density at radius 3 is 2.67 bits per heavy atom. The average Bonchev–Trinajstić information content (AvgIpc) is 2.48. The smallest absolute Gasteiger partial charge is 0.248 e. The van der Waals surface area contributed by atoms with Crippen LogP contribution >= 0.6 is 0 Å². The van der Waals surface area contributed by atoms with Crippen LogP contribution in [0, 0.1) is 6.92 Å². The number of carbonyl (C=O) groups is 1. The van der Waals surface area contributed by atoms with Gasteiger partial charge in [0.25, 0.3) is 0 Å². The van der Waals surface area contributed by atoms with Crippen LogP contribution in [0.2, 0.25) is 0 Å². The molecule has 0 spiro atoms. The fourth-order valence-corrected chi connectivity index (χ4v) is 2.14. The number of pyridine rings is 1. The Balaban J connectivity index is 1.92. The van der Waals surface area contributed by atoms with Gasteiger partial charge >= 0.3 is 0 Å². The molecule has 0 saturated carbocycles. The van der Waals surface area contributed by atoms with Gasteiger partial charge < -0.3 is 10.5 Å². The molecule has 2 N–H and O–H groups in total. The molecular weight excluding hydrogens is 264 g/mol. The van der Waals surface area contributed by atoms with Crippen molar-refractivity contribution in [1.82, 2.24) is 4.98 Å². The second-order valence-corrected chi connectivity index (χ2v) is 4.83. The number of benzene rings is 2. The van der Waals surface area contributed by atoms with Gasteiger partial charge in [-0.05, 0) is 48.7 Å². The molecule has 21 heavy (non-hydrogen) atoms. The molecule has 1 heterocycles. The van der Waals surface area contributed by atoms with Crippen LogP contribution in [0.4, 0.5) is 0 Å². The van der Waals surface area contributed by atoms with E-state index in [1.54, 1.807) is 24.3 Å². The number of rotatable bonds is 3. The molecular formula is C17H14N2O2. The summed E-state index contributed by atoms with van der Waals surface area (Å²) in [6.07, 6.45) is 1.82. The first-order valence-corrected chi connectivity index (χ1v) is 6.56. The van der Waals surface area contributed by atoms with Gasteiger partial charge in [-0.2, -0.15) is 0 Å². The molecule has 2 aromatic carbocycles. The van der Waals surface area contributed by atoms with Crippen molar-refractivity contribution in [2.45, 2.75) is 6.92 Å². The van der Waals surface area contributed by atoms with Crippen molar-refractivity contribution in [2.75, 3.05) is 0 Å². The molecule has 0 bridgehead atoms. The molecule has 0 atom stereocenters. The Labute approximate surface area is 122 Å². The van der Waals surface area contributed by atoms with E-state index in [1.165, 1.54) is 0 Å². The molecule has 104 valence electrons. The summed E-state index contributed by atoms with van der Waals surface area (Å²) < 4.78 is 5.77. The molecule has 0 saturated heterocycles. The van der Waals surface area contributed by atoms with Gasteiger partial charge in [0.15, 0.2) is 0 Å². The van der Waals surface area contributed by atoms with Gasteiger partial charge in [0.1, 0.15) is 11.5 Å². The number of amides is 1. The van der Waals surface area contributed by atoms with E-state index in [1.807, 2.05) is 37.4 Å². The Kier molecular flexibility index (Phi) is 3.28. The first kappa shape index (κ1) is 13.1. The lowest BCUT2D eigenvalue weighted by atomic mass is 10.1. The molecule has 0 aliphatic carbocycles. The molecule has 1 aromatic heterocycles. The molecule has 0 aliphatic heterocycles. The van der Waals surface area contributed by atoms with Crippen LogP contribution in [-0.2, 0) is 0 Å². The van der Waals surface area contributed by atoms with Crippen molar-refractivity contribution >= 4 is 16.7 Å². The molecule has 0 radical (unpaired) electrons. The highest BCUT2D eigenvalue weighted by Crippen LogP contribution is 2.26. The summed E-state index contributed by atoms with van der Waals surface area (Å²) in [5, 5.41) is 2.12. The maximum Gasteiger partial charge on any atom is 0.248 e. The zero-order valence-electron chi connectivity index (χ0n) is 11.5. The number of primary amides is 1. The normalized spacial score (nSPS) is 10.5. The van der Waals surface area contributed by atoms with Crippen molar-refractivity contribution in [3.63, 3.8) is 0 Å². The predicted octanol–water partition coefficient (Wildman–Crippen LogP) is 3.43. The number of nitrogens with zero attached hydrogens (tertiary/aromatic N) is 1. The number of hydrogen-bond donors (Lipinski definition) is 1. The van der Waals surface area contributed by atoms with E-state index in [0.717, 1.165) is 16.5 Å². The van der Waals surface area contributed by atoms with Crippen LogP contribution in [-0.4, -0.2) is 10.9 Å². The maximum absolute atomic E-state index is 11.2. The summed E-state index contributed by atoms with van der Waals surface area (Å²) in [5.74, 6) is 0.791. The number of aryl methyl sites for hydroxylation is 1. The molecule has 0 aliphatic rings. The van der Waals surface area contributed by atoms with Gasteiger partial charge in [-0.25, -0.2) is 0 Å². The van der Waals surface area contributed by atoms with Crippen molar-refractivity contribution in [3.8, 4) is 11.5 Å². The van der Waals surface area contributed by atoms with Gasteiger partial charge in [-0.1, -0.05) is 12.1 Å². The van der Waals surface area contributed by atoms with E-state index < -0.39 is 5.91 Å². The zero-order valence-corrected chi connectivity index (χ0v) is 11.5. The van der Waals surface area contributed by atoms with Crippen molar-refractivity contribution < 1.29 is 9.53 Å². The summed E-state index contributed by atoms with van der Waals surface area (Å²) in [6, 6.07) is 14.6. The SMILES string of the molecule is Cc1cc2ccc(Oc3cccc(C(N)=O)c3)cc2cn1. The lowest BCUT2D eigenvalue weighted by molar-refractivity contribution is 0.1000. The molecule has 1 amide bonds. The topological polar surface area (TPSA) is 65.2 Å². The van der Waals surface area contributed by atoms with Crippen LogP contribution in [0.5, 0.6) is 11.5 Å². The minimum absolute atomic E-state index is 0.422. The monoisotopic (exact) mass is 278 g/mol. The molecule has 0 fully saturated rings. The number of hydrogen-bond acceptors (Lipinski definition) is 3. The maximum atomic E-state index is 11.2. The first-order valence-electron chi connectivity index (χ1n) is 6.56. The highest BCUT2D eigenvalue weighted by Gasteiger charge is 2.04. The van der Waals surface area contributed by atoms with Crippen LogP contribution < -0.4 is 10.5 Å². The molecule has 4 nitrogen and oxygen atoms in total. The van der Waals surface area contributed by atoms with Crippen molar-refractivity contribution in [2.24, 2.45) is 5.73 Å². The second kappa shape index (κ2) is 5.25. The van der Waals surface area contributed by atoms with Crippen LogP contribution in [0.25, 0.3) is 10.8 Å². The number of nitrogens with two attached hydrogens (primary N) is 1. The first-order chi connectivity index (χ1) is 10.1.